The number of nitrogens with zero attached hydrogens (tertiary/aromatic N) is 1. The second kappa shape index (κ2) is 5.34. The average Bonchev–Trinajstić information content (AvgIpc) is 3.32. The van der Waals surface area contributed by atoms with Gasteiger partial charge in [0.25, 0.3) is 0 Å². The molecule has 6 heteroatoms. The summed E-state index contributed by atoms with van der Waals surface area (Å²) in [5.41, 5.74) is -1.88. The highest BCUT2D eigenvalue weighted by atomic mass is 16.5. The smallest absolute Gasteiger partial charge is 0.309 e. The highest BCUT2D eigenvalue weighted by molar-refractivity contribution is 5.75. The van der Waals surface area contributed by atoms with Gasteiger partial charge < -0.3 is 20.1 Å². The number of methoxy groups -OCH3 is 1. The van der Waals surface area contributed by atoms with E-state index < -0.39 is 22.2 Å². The first-order valence-corrected chi connectivity index (χ1v) is 11.1. The van der Waals surface area contributed by atoms with Crippen LogP contribution in [-0.4, -0.2) is 64.3 Å². The van der Waals surface area contributed by atoms with Crippen molar-refractivity contribution < 1.29 is 24.9 Å². The Morgan fingerprint density at radius 1 is 1.24 bits per heavy atom. The standard InChI is InChI=1S/C23H31NO5/c1-13-10-24-11-15-5-3-14-4-6-16-17(19(26)29-2)9-21(18(14)16)20(15,12-25)7-8-22(13,27)23(21,24)28/h7-8,13,15-17,25,27-28H,3-6,9-12H2,1-2H3/t13-,15?,16-,17-,20?,21-,22?,23?/m1/s1. The number of rotatable bonds is 2. The fraction of sp³-hybridized carbons (Fsp3) is 0.783. The molecule has 0 aromatic carbocycles. The zero-order valence-electron chi connectivity index (χ0n) is 17.2. The van der Waals surface area contributed by atoms with Gasteiger partial charge in [-0.25, -0.2) is 0 Å². The molecule has 4 unspecified atom stereocenters. The van der Waals surface area contributed by atoms with Crippen LogP contribution in [0.5, 0.6) is 0 Å². The van der Waals surface area contributed by atoms with E-state index in [0.717, 1.165) is 25.7 Å². The summed E-state index contributed by atoms with van der Waals surface area (Å²) in [4.78, 5) is 14.9. The second-order valence-corrected chi connectivity index (χ2v) is 10.5. The summed E-state index contributed by atoms with van der Waals surface area (Å²) in [6.45, 7) is 3.21. The lowest BCUT2D eigenvalue weighted by Crippen LogP contribution is -2.79. The van der Waals surface area contributed by atoms with Crippen LogP contribution in [0.2, 0.25) is 0 Å². The minimum atomic E-state index is -1.51. The minimum absolute atomic E-state index is 0.0396. The van der Waals surface area contributed by atoms with Gasteiger partial charge in [0, 0.05) is 24.4 Å². The molecule has 0 aromatic rings. The number of piperidine rings is 1. The van der Waals surface area contributed by atoms with Gasteiger partial charge in [0.05, 0.1) is 25.0 Å². The van der Waals surface area contributed by atoms with Crippen molar-refractivity contribution in [2.75, 3.05) is 26.8 Å². The summed E-state index contributed by atoms with van der Waals surface area (Å²) >= 11 is 0. The second-order valence-electron chi connectivity index (χ2n) is 10.5. The highest BCUT2D eigenvalue weighted by Crippen LogP contribution is 2.78. The predicted molar refractivity (Wildman–Crippen MR) is 104 cm³/mol. The molecule has 2 heterocycles. The molecule has 0 aromatic heterocycles. The third-order valence-corrected chi connectivity index (χ3v) is 10.00. The van der Waals surface area contributed by atoms with Crippen molar-refractivity contribution in [3.05, 3.63) is 23.3 Å². The third-order valence-electron chi connectivity index (χ3n) is 10.00. The Morgan fingerprint density at radius 2 is 2.00 bits per heavy atom. The van der Waals surface area contributed by atoms with Crippen LogP contribution in [0.15, 0.2) is 23.3 Å². The molecule has 6 aliphatic rings. The van der Waals surface area contributed by atoms with E-state index in [-0.39, 0.29) is 36.2 Å². The van der Waals surface area contributed by atoms with Crippen molar-refractivity contribution in [3.63, 3.8) is 0 Å². The van der Waals surface area contributed by atoms with Crippen molar-refractivity contribution in [1.29, 1.82) is 0 Å². The van der Waals surface area contributed by atoms with Crippen LogP contribution in [0, 0.1) is 34.5 Å². The van der Waals surface area contributed by atoms with Gasteiger partial charge in [-0.2, -0.15) is 0 Å². The van der Waals surface area contributed by atoms with Gasteiger partial charge in [0.2, 0.25) is 0 Å². The topological polar surface area (TPSA) is 90.2 Å². The molecule has 4 aliphatic carbocycles. The van der Waals surface area contributed by atoms with Gasteiger partial charge in [-0.1, -0.05) is 30.2 Å². The molecule has 3 fully saturated rings. The van der Waals surface area contributed by atoms with Gasteiger partial charge in [-0.05, 0) is 43.9 Å². The number of aliphatic hydroxyl groups is 3. The van der Waals surface area contributed by atoms with Crippen LogP contribution < -0.4 is 0 Å². The van der Waals surface area contributed by atoms with E-state index in [1.54, 1.807) is 6.08 Å². The van der Waals surface area contributed by atoms with Gasteiger partial charge in [-0.15, -0.1) is 0 Å². The Balaban J connectivity index is 1.71. The first kappa shape index (κ1) is 18.6. The third kappa shape index (κ3) is 1.62. The number of esters is 1. The molecule has 8 atom stereocenters. The quantitative estimate of drug-likeness (QED) is 0.476. The zero-order chi connectivity index (χ0) is 20.4. The van der Waals surface area contributed by atoms with Crippen molar-refractivity contribution in [2.45, 2.75) is 50.4 Å². The van der Waals surface area contributed by atoms with Gasteiger partial charge >= 0.3 is 5.97 Å². The van der Waals surface area contributed by atoms with Crippen molar-refractivity contribution >= 4 is 5.97 Å². The van der Waals surface area contributed by atoms with Crippen molar-refractivity contribution in [1.82, 2.24) is 4.90 Å². The number of allylic oxidation sites excluding steroid dienone is 1. The van der Waals surface area contributed by atoms with Crippen LogP contribution in [0.4, 0.5) is 0 Å². The number of ether oxygens (including phenoxy) is 1. The maximum atomic E-state index is 12.8. The Morgan fingerprint density at radius 3 is 2.72 bits per heavy atom. The van der Waals surface area contributed by atoms with E-state index in [1.165, 1.54) is 18.3 Å². The molecule has 1 spiro atoms. The Kier molecular flexibility index (Phi) is 3.41. The summed E-state index contributed by atoms with van der Waals surface area (Å²) in [6.07, 6.45) is 8.03. The minimum Gasteiger partial charge on any atom is -0.469 e. The zero-order valence-corrected chi connectivity index (χ0v) is 17.2. The van der Waals surface area contributed by atoms with E-state index in [0.29, 0.717) is 19.5 Å². The van der Waals surface area contributed by atoms with Crippen LogP contribution in [0.1, 0.15) is 39.0 Å². The fourth-order valence-corrected chi connectivity index (χ4v) is 8.87. The normalized spacial score (nSPS) is 54.5. The number of carbonyl (C=O) groups is 1. The molecule has 2 aliphatic heterocycles. The lowest BCUT2D eigenvalue weighted by atomic mass is 9.43. The van der Waals surface area contributed by atoms with Crippen LogP contribution in [-0.2, 0) is 9.53 Å². The largest absolute Gasteiger partial charge is 0.469 e. The molecular weight excluding hydrogens is 370 g/mol. The first-order valence-electron chi connectivity index (χ1n) is 11.1. The average molecular weight is 402 g/mol. The highest BCUT2D eigenvalue weighted by Gasteiger charge is 2.84. The molecular formula is C23H31NO5. The Bertz CT molecular complexity index is 867. The molecule has 2 saturated heterocycles. The number of aliphatic hydroxyl groups excluding tert-OH is 1. The maximum absolute atomic E-state index is 12.8. The van der Waals surface area contributed by atoms with Gasteiger partial charge in [0.1, 0.15) is 5.60 Å². The number of carbonyl (C=O) groups excluding carboxylic acids is 1. The van der Waals surface area contributed by atoms with Gasteiger partial charge in [-0.3, -0.25) is 9.69 Å². The van der Waals surface area contributed by atoms with Crippen LogP contribution in [0.25, 0.3) is 0 Å². The van der Waals surface area contributed by atoms with E-state index in [2.05, 4.69) is 4.90 Å². The molecule has 0 amide bonds. The summed E-state index contributed by atoms with van der Waals surface area (Å²) in [7, 11) is 1.43. The van der Waals surface area contributed by atoms with Crippen molar-refractivity contribution in [3.8, 4) is 0 Å². The van der Waals surface area contributed by atoms with Crippen molar-refractivity contribution in [2.24, 2.45) is 34.5 Å². The molecule has 158 valence electrons. The summed E-state index contributed by atoms with van der Waals surface area (Å²) < 4.78 is 5.19. The molecule has 6 rings (SSSR count). The van der Waals surface area contributed by atoms with E-state index in [4.69, 9.17) is 4.74 Å². The molecule has 3 N–H and O–H groups in total. The summed E-state index contributed by atoms with van der Waals surface area (Å²) in [5, 5.41) is 35.4. The summed E-state index contributed by atoms with van der Waals surface area (Å²) in [6, 6.07) is 0. The Hall–Kier alpha value is -1.21. The van der Waals surface area contributed by atoms with Gasteiger partial charge in [0.15, 0.2) is 5.72 Å². The van der Waals surface area contributed by atoms with Crippen LogP contribution in [0.3, 0.4) is 0 Å². The maximum Gasteiger partial charge on any atom is 0.309 e. The SMILES string of the molecule is COC(=O)[C@@H]1C[C@@]23C4=C(CCC5CN6C[C@@H](C)C(O)(C=CC52CO)C63O)CC[C@@H]41. The lowest BCUT2D eigenvalue weighted by molar-refractivity contribution is -0.308. The predicted octanol–water partition coefficient (Wildman–Crippen LogP) is 1.22. The molecule has 6 nitrogen and oxygen atoms in total. The summed E-state index contributed by atoms with van der Waals surface area (Å²) in [5.74, 6) is -0.460. The monoisotopic (exact) mass is 401 g/mol. The van der Waals surface area contributed by atoms with Crippen LogP contribution >= 0.6 is 0 Å². The van der Waals surface area contributed by atoms with E-state index in [9.17, 15) is 20.1 Å². The Labute approximate surface area is 171 Å². The van der Waals surface area contributed by atoms with E-state index in [1.807, 2.05) is 13.0 Å². The lowest BCUT2D eigenvalue weighted by Gasteiger charge is -2.68. The number of hydrogen-bond acceptors (Lipinski definition) is 6. The van der Waals surface area contributed by atoms with E-state index >= 15 is 0 Å². The molecule has 29 heavy (non-hydrogen) atoms. The molecule has 1 saturated carbocycles. The number of hydrogen-bond donors (Lipinski definition) is 3. The fourth-order valence-electron chi connectivity index (χ4n) is 8.87. The molecule has 0 radical (unpaired) electrons. The molecule has 4 bridgehead atoms. The first-order chi connectivity index (χ1) is 13.8.